The van der Waals surface area contributed by atoms with Crippen molar-refractivity contribution in [2.75, 3.05) is 0 Å². The molecule has 2 aromatic heterocycles. The van der Waals surface area contributed by atoms with E-state index in [1.165, 1.54) is 11.3 Å². The number of rotatable bonds is 2. The number of aromatic nitrogens is 2. The molecule has 0 amide bonds. The molecule has 3 rings (SSSR count). The number of hydrogen-bond donors (Lipinski definition) is 1. The Morgan fingerprint density at radius 3 is 2.53 bits per heavy atom. The highest BCUT2D eigenvalue weighted by Gasteiger charge is 2.15. The molecule has 0 atom stereocenters. The molecule has 0 aliphatic heterocycles. The fourth-order valence-corrected chi connectivity index (χ4v) is 2.81. The van der Waals surface area contributed by atoms with Crippen LogP contribution < -0.4 is 0 Å². The van der Waals surface area contributed by atoms with Crippen LogP contribution in [0.2, 0.25) is 10.0 Å². The smallest absolute Gasteiger partial charge is 0.272 e. The van der Waals surface area contributed by atoms with Crippen LogP contribution in [0, 0.1) is 0 Å². The zero-order valence-corrected chi connectivity index (χ0v) is 11.6. The van der Waals surface area contributed by atoms with Crippen LogP contribution in [-0.2, 0) is 0 Å². The van der Waals surface area contributed by atoms with Gasteiger partial charge in [0.2, 0.25) is 5.82 Å². The van der Waals surface area contributed by atoms with Crippen LogP contribution in [0.3, 0.4) is 0 Å². The van der Waals surface area contributed by atoms with Gasteiger partial charge in [0.1, 0.15) is 10.6 Å². The first kappa shape index (κ1) is 12.5. The third-order valence-electron chi connectivity index (χ3n) is 2.39. The summed E-state index contributed by atoms with van der Waals surface area (Å²) in [7, 11) is 0. The molecule has 0 aliphatic rings. The molecular weight excluding hydrogens is 307 g/mol. The predicted molar refractivity (Wildman–Crippen MR) is 74.7 cm³/mol. The summed E-state index contributed by atoms with van der Waals surface area (Å²) in [5.74, 6) is 0.745. The molecule has 0 saturated heterocycles. The van der Waals surface area contributed by atoms with Crippen LogP contribution >= 0.6 is 34.5 Å². The Morgan fingerprint density at radius 1 is 1.16 bits per heavy atom. The van der Waals surface area contributed by atoms with Gasteiger partial charge in [-0.25, -0.2) is 0 Å². The fourth-order valence-electron chi connectivity index (χ4n) is 1.58. The standard InChI is InChI=1S/C12H6Cl2N2O2S/c13-7-3-6(4-8(14)5-7)11-15-12(18-16-11)10-9(17)1-2-19-10/h1-5,17H. The second kappa shape index (κ2) is 4.85. The molecule has 0 unspecified atom stereocenters. The first-order chi connectivity index (χ1) is 9.13. The van der Waals surface area contributed by atoms with Crippen LogP contribution in [0.5, 0.6) is 5.75 Å². The Kier molecular flexibility index (Phi) is 3.18. The Balaban J connectivity index is 2.04. The van der Waals surface area contributed by atoms with Crippen molar-refractivity contribution >= 4 is 34.5 Å². The van der Waals surface area contributed by atoms with Crippen LogP contribution in [0.1, 0.15) is 0 Å². The van der Waals surface area contributed by atoms with Crippen LogP contribution in [-0.4, -0.2) is 15.2 Å². The summed E-state index contributed by atoms with van der Waals surface area (Å²) in [6.07, 6.45) is 0. The molecule has 4 nitrogen and oxygen atoms in total. The maximum atomic E-state index is 9.61. The predicted octanol–water partition coefficient (Wildman–Crippen LogP) is 4.48. The molecular formula is C12H6Cl2N2O2S. The molecule has 0 bridgehead atoms. The molecule has 1 N–H and O–H groups in total. The van der Waals surface area contributed by atoms with Crippen LogP contribution in [0.4, 0.5) is 0 Å². The third-order valence-corrected chi connectivity index (χ3v) is 3.71. The summed E-state index contributed by atoms with van der Waals surface area (Å²) in [5, 5.41) is 16.2. The Labute approximate surface area is 122 Å². The number of halogens is 2. The zero-order chi connectivity index (χ0) is 13.4. The molecule has 96 valence electrons. The minimum absolute atomic E-state index is 0.115. The van der Waals surface area contributed by atoms with Crippen molar-refractivity contribution in [2.45, 2.75) is 0 Å². The highest BCUT2D eigenvalue weighted by molar-refractivity contribution is 7.13. The Bertz CT molecular complexity index is 719. The van der Waals surface area contributed by atoms with Gasteiger partial charge in [-0.15, -0.1) is 11.3 Å². The zero-order valence-electron chi connectivity index (χ0n) is 9.30. The van der Waals surface area contributed by atoms with Crippen molar-refractivity contribution in [3.63, 3.8) is 0 Å². The van der Waals surface area contributed by atoms with E-state index in [9.17, 15) is 5.11 Å². The molecule has 7 heteroatoms. The first-order valence-corrected chi connectivity index (χ1v) is 6.84. The van der Waals surface area contributed by atoms with E-state index in [0.717, 1.165) is 0 Å². The normalized spacial score (nSPS) is 10.8. The lowest BCUT2D eigenvalue weighted by Gasteiger charge is -1.97. The second-order valence-corrected chi connectivity index (χ2v) is 5.51. The molecule has 2 heterocycles. The molecule has 0 saturated carbocycles. The first-order valence-electron chi connectivity index (χ1n) is 5.20. The molecule has 1 aromatic carbocycles. The summed E-state index contributed by atoms with van der Waals surface area (Å²) in [6.45, 7) is 0. The van der Waals surface area contributed by atoms with Crippen molar-refractivity contribution in [2.24, 2.45) is 0 Å². The van der Waals surface area contributed by atoms with Gasteiger partial charge in [0.25, 0.3) is 5.89 Å². The van der Waals surface area contributed by atoms with Gasteiger partial charge in [-0.1, -0.05) is 28.4 Å². The van der Waals surface area contributed by atoms with Gasteiger partial charge in [0.05, 0.1) is 0 Å². The summed E-state index contributed by atoms with van der Waals surface area (Å²) in [4.78, 5) is 4.76. The molecule has 0 radical (unpaired) electrons. The number of thiophene rings is 1. The third kappa shape index (κ3) is 2.45. The highest BCUT2D eigenvalue weighted by Crippen LogP contribution is 2.34. The van der Waals surface area contributed by atoms with E-state index in [1.54, 1.807) is 29.6 Å². The minimum Gasteiger partial charge on any atom is -0.506 e. The summed E-state index contributed by atoms with van der Waals surface area (Å²) in [5.41, 5.74) is 0.656. The van der Waals surface area contributed by atoms with Crippen molar-refractivity contribution in [3.05, 3.63) is 39.7 Å². The van der Waals surface area contributed by atoms with E-state index in [0.29, 0.717) is 26.3 Å². The maximum Gasteiger partial charge on any atom is 0.272 e. The fraction of sp³-hybridized carbons (Fsp3) is 0. The van der Waals surface area contributed by atoms with Gasteiger partial charge in [0.15, 0.2) is 0 Å². The van der Waals surface area contributed by atoms with Crippen molar-refractivity contribution in [1.29, 1.82) is 0 Å². The van der Waals surface area contributed by atoms with Gasteiger partial charge in [0, 0.05) is 15.6 Å². The molecule has 19 heavy (non-hydrogen) atoms. The monoisotopic (exact) mass is 312 g/mol. The Hall–Kier alpha value is -1.56. The van der Waals surface area contributed by atoms with E-state index < -0.39 is 0 Å². The average molecular weight is 313 g/mol. The minimum atomic E-state index is 0.115. The van der Waals surface area contributed by atoms with Crippen LogP contribution in [0.25, 0.3) is 22.2 Å². The topological polar surface area (TPSA) is 59.2 Å². The number of benzene rings is 1. The van der Waals surface area contributed by atoms with Crippen LogP contribution in [0.15, 0.2) is 34.2 Å². The van der Waals surface area contributed by atoms with E-state index in [1.807, 2.05) is 0 Å². The maximum absolute atomic E-state index is 9.61. The van der Waals surface area contributed by atoms with Crippen molar-refractivity contribution in [1.82, 2.24) is 10.1 Å². The lowest BCUT2D eigenvalue weighted by Crippen LogP contribution is -1.81. The van der Waals surface area contributed by atoms with E-state index >= 15 is 0 Å². The SMILES string of the molecule is Oc1ccsc1-c1nc(-c2cc(Cl)cc(Cl)c2)no1. The lowest BCUT2D eigenvalue weighted by atomic mass is 10.2. The number of nitrogens with zero attached hydrogens (tertiary/aromatic N) is 2. The molecule has 0 fully saturated rings. The van der Waals surface area contributed by atoms with Gasteiger partial charge in [-0.2, -0.15) is 4.98 Å². The van der Waals surface area contributed by atoms with Gasteiger partial charge in [-0.3, -0.25) is 0 Å². The van der Waals surface area contributed by atoms with Gasteiger partial charge >= 0.3 is 0 Å². The van der Waals surface area contributed by atoms with Gasteiger partial charge in [-0.05, 0) is 29.6 Å². The molecule has 0 spiro atoms. The quantitative estimate of drug-likeness (QED) is 0.758. The Morgan fingerprint density at radius 2 is 1.89 bits per heavy atom. The molecule has 3 aromatic rings. The van der Waals surface area contributed by atoms with E-state index in [-0.39, 0.29) is 11.6 Å². The van der Waals surface area contributed by atoms with Crippen molar-refractivity contribution in [3.8, 4) is 27.9 Å². The highest BCUT2D eigenvalue weighted by atomic mass is 35.5. The largest absolute Gasteiger partial charge is 0.506 e. The summed E-state index contributed by atoms with van der Waals surface area (Å²) < 4.78 is 5.13. The van der Waals surface area contributed by atoms with E-state index in [2.05, 4.69) is 10.1 Å². The molecule has 0 aliphatic carbocycles. The second-order valence-electron chi connectivity index (χ2n) is 3.72. The summed E-state index contributed by atoms with van der Waals surface area (Å²) >= 11 is 13.2. The van der Waals surface area contributed by atoms with Gasteiger partial charge < -0.3 is 9.63 Å². The number of aromatic hydroxyl groups is 1. The summed E-state index contributed by atoms with van der Waals surface area (Å²) in [6, 6.07) is 6.57. The average Bonchev–Trinajstić information content (AvgIpc) is 2.95. The number of hydrogen-bond acceptors (Lipinski definition) is 5. The van der Waals surface area contributed by atoms with Crippen molar-refractivity contribution < 1.29 is 9.63 Å². The van der Waals surface area contributed by atoms with E-state index in [4.69, 9.17) is 27.7 Å². The lowest BCUT2D eigenvalue weighted by molar-refractivity contribution is 0.427.